The Bertz CT molecular complexity index is 391. The van der Waals surface area contributed by atoms with Gasteiger partial charge in [0.25, 0.3) is 0 Å². The minimum atomic E-state index is 0.347. The first-order chi connectivity index (χ1) is 8.20. The second-order valence-electron chi connectivity index (χ2n) is 5.18. The third-order valence-electron chi connectivity index (χ3n) is 3.46. The van der Waals surface area contributed by atoms with Crippen molar-refractivity contribution in [3.05, 3.63) is 11.1 Å². The van der Waals surface area contributed by atoms with E-state index in [-0.39, 0.29) is 0 Å². The first-order valence-corrected chi connectivity index (χ1v) is 7.10. The summed E-state index contributed by atoms with van der Waals surface area (Å²) in [5, 5.41) is 0.667. The summed E-state index contributed by atoms with van der Waals surface area (Å²) in [6.07, 6.45) is 5.38. The predicted molar refractivity (Wildman–Crippen MR) is 68.9 cm³/mol. The summed E-state index contributed by atoms with van der Waals surface area (Å²) in [5.74, 6) is 0.812. The summed E-state index contributed by atoms with van der Waals surface area (Å²) in [6.45, 7) is 5.21. The van der Waals surface area contributed by atoms with Crippen LogP contribution in [-0.4, -0.2) is 35.2 Å². The molecular formula is C12H19N3OS. The lowest BCUT2D eigenvalue weighted by Gasteiger charge is -2.36. The number of anilines is 1. The standard InChI is InChI=1S/C12H19N3OS/c1-8-5-15(6-10-4-14-12(13)17-10)7-11(16-8)9-2-3-9/h4,8-9,11H,2-3,5-7H2,1H3,(H2,13,14). The van der Waals surface area contributed by atoms with Crippen LogP contribution >= 0.6 is 11.3 Å². The van der Waals surface area contributed by atoms with Gasteiger partial charge in [0.1, 0.15) is 0 Å². The molecule has 94 valence electrons. The van der Waals surface area contributed by atoms with Gasteiger partial charge in [0.05, 0.1) is 12.2 Å². The van der Waals surface area contributed by atoms with Crippen molar-refractivity contribution >= 4 is 16.5 Å². The molecule has 0 spiro atoms. The third kappa shape index (κ3) is 2.78. The van der Waals surface area contributed by atoms with E-state index in [1.165, 1.54) is 17.7 Å². The van der Waals surface area contributed by atoms with Gasteiger partial charge in [-0.3, -0.25) is 4.90 Å². The Hall–Kier alpha value is -0.650. The van der Waals surface area contributed by atoms with Gasteiger partial charge in [0.2, 0.25) is 0 Å². The lowest BCUT2D eigenvalue weighted by Crippen LogP contribution is -2.46. The average molecular weight is 253 g/mol. The van der Waals surface area contributed by atoms with E-state index < -0.39 is 0 Å². The van der Waals surface area contributed by atoms with Crippen molar-refractivity contribution in [3.63, 3.8) is 0 Å². The van der Waals surface area contributed by atoms with E-state index in [0.717, 1.165) is 25.6 Å². The number of hydrogen-bond acceptors (Lipinski definition) is 5. The summed E-state index contributed by atoms with van der Waals surface area (Å²) in [5.41, 5.74) is 5.66. The molecule has 5 heteroatoms. The molecule has 1 aromatic heterocycles. The maximum Gasteiger partial charge on any atom is 0.180 e. The molecular weight excluding hydrogens is 234 g/mol. The Morgan fingerprint density at radius 3 is 3.00 bits per heavy atom. The van der Waals surface area contributed by atoms with Crippen molar-refractivity contribution in [1.29, 1.82) is 0 Å². The van der Waals surface area contributed by atoms with E-state index in [0.29, 0.717) is 17.3 Å². The van der Waals surface area contributed by atoms with E-state index in [9.17, 15) is 0 Å². The molecule has 2 atom stereocenters. The number of ether oxygens (including phenoxy) is 1. The lowest BCUT2D eigenvalue weighted by molar-refractivity contribution is -0.0879. The zero-order chi connectivity index (χ0) is 11.8. The Morgan fingerprint density at radius 1 is 1.53 bits per heavy atom. The van der Waals surface area contributed by atoms with Crippen LogP contribution in [0.5, 0.6) is 0 Å². The third-order valence-corrected chi connectivity index (χ3v) is 4.27. The fraction of sp³-hybridized carbons (Fsp3) is 0.750. The van der Waals surface area contributed by atoms with Crippen LogP contribution in [0, 0.1) is 5.92 Å². The van der Waals surface area contributed by atoms with Crippen LogP contribution in [0.4, 0.5) is 5.13 Å². The van der Waals surface area contributed by atoms with Gasteiger partial charge < -0.3 is 10.5 Å². The van der Waals surface area contributed by atoms with Gasteiger partial charge in [0, 0.05) is 30.7 Å². The van der Waals surface area contributed by atoms with Crippen molar-refractivity contribution < 1.29 is 4.74 Å². The van der Waals surface area contributed by atoms with Gasteiger partial charge in [0.15, 0.2) is 5.13 Å². The smallest absolute Gasteiger partial charge is 0.180 e. The summed E-state index contributed by atoms with van der Waals surface area (Å²) in [6, 6.07) is 0. The SMILES string of the molecule is CC1CN(Cc2cnc(N)s2)CC(C2CC2)O1. The van der Waals surface area contributed by atoms with E-state index in [1.54, 1.807) is 11.3 Å². The van der Waals surface area contributed by atoms with Crippen LogP contribution < -0.4 is 5.73 Å². The van der Waals surface area contributed by atoms with Crippen LogP contribution in [0.2, 0.25) is 0 Å². The molecule has 2 heterocycles. The Labute approximate surface area is 106 Å². The quantitative estimate of drug-likeness (QED) is 0.891. The number of thiazole rings is 1. The van der Waals surface area contributed by atoms with E-state index in [4.69, 9.17) is 10.5 Å². The van der Waals surface area contributed by atoms with Crippen molar-refractivity contribution in [2.75, 3.05) is 18.8 Å². The Morgan fingerprint density at radius 2 is 2.35 bits per heavy atom. The monoisotopic (exact) mass is 253 g/mol. The van der Waals surface area contributed by atoms with E-state index in [1.807, 2.05) is 6.20 Å². The second kappa shape index (κ2) is 4.55. The van der Waals surface area contributed by atoms with Gasteiger partial charge in [-0.15, -0.1) is 11.3 Å². The number of nitrogen functional groups attached to an aromatic ring is 1. The van der Waals surface area contributed by atoms with Crippen LogP contribution in [0.1, 0.15) is 24.6 Å². The summed E-state index contributed by atoms with van der Waals surface area (Å²) in [7, 11) is 0. The van der Waals surface area contributed by atoms with Gasteiger partial charge in [-0.1, -0.05) is 0 Å². The van der Waals surface area contributed by atoms with E-state index in [2.05, 4.69) is 16.8 Å². The molecule has 1 aromatic rings. The molecule has 3 rings (SSSR count). The number of morpholine rings is 1. The number of nitrogens with zero attached hydrogens (tertiary/aromatic N) is 2. The van der Waals surface area contributed by atoms with Gasteiger partial charge in [-0.05, 0) is 25.7 Å². The van der Waals surface area contributed by atoms with Crippen molar-refractivity contribution in [1.82, 2.24) is 9.88 Å². The molecule has 0 bridgehead atoms. The lowest BCUT2D eigenvalue weighted by atomic mass is 10.1. The molecule has 1 saturated carbocycles. The number of rotatable bonds is 3. The van der Waals surface area contributed by atoms with Crippen LogP contribution in [0.3, 0.4) is 0 Å². The number of hydrogen-bond donors (Lipinski definition) is 1. The summed E-state index contributed by atoms with van der Waals surface area (Å²) >= 11 is 1.59. The molecule has 2 fully saturated rings. The molecule has 1 saturated heterocycles. The molecule has 1 aliphatic carbocycles. The van der Waals surface area contributed by atoms with Crippen LogP contribution in [-0.2, 0) is 11.3 Å². The van der Waals surface area contributed by atoms with Gasteiger partial charge >= 0.3 is 0 Å². The van der Waals surface area contributed by atoms with E-state index >= 15 is 0 Å². The largest absolute Gasteiger partial charge is 0.375 e. The Kier molecular flexibility index (Phi) is 3.06. The summed E-state index contributed by atoms with van der Waals surface area (Å²) < 4.78 is 6.00. The fourth-order valence-corrected chi connectivity index (χ4v) is 3.28. The summed E-state index contributed by atoms with van der Waals surface area (Å²) in [4.78, 5) is 7.84. The van der Waals surface area contributed by atoms with Gasteiger partial charge in [-0.25, -0.2) is 4.98 Å². The topological polar surface area (TPSA) is 51.4 Å². The van der Waals surface area contributed by atoms with Crippen LogP contribution in [0.15, 0.2) is 6.20 Å². The Balaban J connectivity index is 1.61. The molecule has 0 amide bonds. The first-order valence-electron chi connectivity index (χ1n) is 6.28. The van der Waals surface area contributed by atoms with Crippen molar-refractivity contribution in [3.8, 4) is 0 Å². The molecule has 0 aromatic carbocycles. The minimum Gasteiger partial charge on any atom is -0.375 e. The van der Waals surface area contributed by atoms with Crippen LogP contribution in [0.25, 0.3) is 0 Å². The zero-order valence-corrected chi connectivity index (χ0v) is 10.9. The predicted octanol–water partition coefficient (Wildman–Crippen LogP) is 1.72. The van der Waals surface area contributed by atoms with Crippen molar-refractivity contribution in [2.45, 2.75) is 38.5 Å². The zero-order valence-electron chi connectivity index (χ0n) is 10.1. The highest BCUT2D eigenvalue weighted by atomic mass is 32.1. The maximum absolute atomic E-state index is 6.00. The fourth-order valence-electron chi connectivity index (χ4n) is 2.55. The molecule has 2 unspecified atom stereocenters. The second-order valence-corrected chi connectivity index (χ2v) is 6.33. The number of aromatic nitrogens is 1. The first kappa shape index (κ1) is 11.4. The molecule has 0 radical (unpaired) electrons. The molecule has 2 aliphatic rings. The highest BCUT2D eigenvalue weighted by Crippen LogP contribution is 2.37. The highest BCUT2D eigenvalue weighted by molar-refractivity contribution is 7.15. The number of nitrogens with two attached hydrogens (primary N) is 1. The highest BCUT2D eigenvalue weighted by Gasteiger charge is 2.37. The van der Waals surface area contributed by atoms with Crippen molar-refractivity contribution in [2.24, 2.45) is 5.92 Å². The minimum absolute atomic E-state index is 0.347. The average Bonchev–Trinajstić information content (AvgIpc) is 3.03. The molecule has 1 aliphatic heterocycles. The molecule has 2 N–H and O–H groups in total. The maximum atomic E-state index is 6.00. The molecule has 4 nitrogen and oxygen atoms in total. The van der Waals surface area contributed by atoms with Gasteiger partial charge in [-0.2, -0.15) is 0 Å². The normalized spacial score (nSPS) is 30.6. The molecule has 17 heavy (non-hydrogen) atoms.